The van der Waals surface area contributed by atoms with Crippen LogP contribution >= 0.6 is 0 Å². The lowest BCUT2D eigenvalue weighted by Gasteiger charge is -2.30. The summed E-state index contributed by atoms with van der Waals surface area (Å²) in [6.07, 6.45) is -2.52. The number of Topliss-reactive ketones (excluding diaryl/α,β-unsaturated/α-hetero) is 1. The Hall–Kier alpha value is -1.49. The van der Waals surface area contributed by atoms with E-state index in [1.54, 1.807) is 0 Å². The second-order valence-corrected chi connectivity index (χ2v) is 4.23. The molecule has 0 N–H and O–H groups in total. The van der Waals surface area contributed by atoms with Gasteiger partial charge in [0.1, 0.15) is 0 Å². The minimum absolute atomic E-state index is 0.0542. The summed E-state index contributed by atoms with van der Waals surface area (Å²) in [5.74, 6) is -0.114. The fourth-order valence-corrected chi connectivity index (χ4v) is 2.05. The predicted octanol–water partition coefficient (Wildman–Crippen LogP) is 2.66. The summed E-state index contributed by atoms with van der Waals surface area (Å²) in [7, 11) is 0. The number of rotatable bonds is 3. The lowest BCUT2D eigenvalue weighted by molar-refractivity contribution is 0.101. The summed E-state index contributed by atoms with van der Waals surface area (Å²) in [5.41, 5.74) is 1.02. The number of nitrogens with zero attached hydrogens (tertiary/aromatic N) is 1. The van der Waals surface area contributed by atoms with Gasteiger partial charge in [-0.1, -0.05) is 6.07 Å². The van der Waals surface area contributed by atoms with Crippen molar-refractivity contribution in [1.82, 2.24) is 0 Å². The Morgan fingerprint density at radius 3 is 2.56 bits per heavy atom. The number of ketones is 1. The third-order valence-electron chi connectivity index (χ3n) is 3.00. The van der Waals surface area contributed by atoms with Crippen LogP contribution in [0.2, 0.25) is 0 Å². The van der Waals surface area contributed by atoms with Gasteiger partial charge in [0.15, 0.2) is 5.78 Å². The maximum Gasteiger partial charge on any atom is 0.263 e. The first-order valence-electron chi connectivity index (χ1n) is 5.85. The van der Waals surface area contributed by atoms with E-state index in [-0.39, 0.29) is 11.3 Å². The molecule has 0 aliphatic carbocycles. The van der Waals surface area contributed by atoms with Crippen LogP contribution in [0.1, 0.15) is 29.3 Å². The molecule has 2 rings (SSSR count). The van der Waals surface area contributed by atoms with Crippen LogP contribution < -0.4 is 4.90 Å². The van der Waals surface area contributed by atoms with Crippen molar-refractivity contribution in [1.29, 1.82) is 0 Å². The van der Waals surface area contributed by atoms with Gasteiger partial charge in [-0.3, -0.25) is 4.79 Å². The Balaban J connectivity index is 2.39. The molecule has 5 heteroatoms. The van der Waals surface area contributed by atoms with E-state index in [0.717, 1.165) is 0 Å². The van der Waals surface area contributed by atoms with Crippen LogP contribution in [0.15, 0.2) is 18.2 Å². The zero-order valence-corrected chi connectivity index (χ0v) is 10.2. The van der Waals surface area contributed by atoms with Crippen molar-refractivity contribution in [2.45, 2.75) is 13.3 Å². The molecule has 98 valence electrons. The van der Waals surface area contributed by atoms with E-state index in [1.807, 2.05) is 4.90 Å². The number of alkyl halides is 2. The average Bonchev–Trinajstić information content (AvgIpc) is 2.39. The maximum absolute atomic E-state index is 12.7. The maximum atomic E-state index is 12.7. The minimum Gasteiger partial charge on any atom is -0.378 e. The molecule has 0 aromatic heterocycles. The third-order valence-corrected chi connectivity index (χ3v) is 3.00. The van der Waals surface area contributed by atoms with Crippen molar-refractivity contribution in [3.63, 3.8) is 0 Å². The monoisotopic (exact) mass is 255 g/mol. The number of carbonyl (C=O) groups excluding carboxylic acids is 1. The Labute approximate surface area is 104 Å². The number of anilines is 1. The van der Waals surface area contributed by atoms with E-state index in [1.165, 1.54) is 25.1 Å². The van der Waals surface area contributed by atoms with Crippen LogP contribution in [0, 0.1) is 0 Å². The van der Waals surface area contributed by atoms with Crippen molar-refractivity contribution in [2.24, 2.45) is 0 Å². The van der Waals surface area contributed by atoms with Crippen molar-refractivity contribution in [3.8, 4) is 0 Å². The molecule has 1 aliphatic rings. The standard InChI is InChI=1S/C13H15F2NO2/c1-9(17)11-3-2-10(13(14)15)8-12(11)16-4-6-18-7-5-16/h2-3,8,13H,4-7H2,1H3. The van der Waals surface area contributed by atoms with Crippen LogP contribution in [0.25, 0.3) is 0 Å². The molecular weight excluding hydrogens is 240 g/mol. The summed E-state index contributed by atoms with van der Waals surface area (Å²) >= 11 is 0. The van der Waals surface area contributed by atoms with Gasteiger partial charge in [-0.2, -0.15) is 0 Å². The molecule has 1 fully saturated rings. The average molecular weight is 255 g/mol. The summed E-state index contributed by atoms with van der Waals surface area (Å²) in [4.78, 5) is 13.5. The number of halogens is 2. The third kappa shape index (κ3) is 2.67. The first-order chi connectivity index (χ1) is 8.59. The molecular formula is C13H15F2NO2. The molecule has 1 heterocycles. The number of morpholine rings is 1. The topological polar surface area (TPSA) is 29.5 Å². The lowest BCUT2D eigenvalue weighted by Crippen LogP contribution is -2.37. The van der Waals surface area contributed by atoms with Gasteiger partial charge in [-0.15, -0.1) is 0 Å². The first kappa shape index (κ1) is 13.0. The molecule has 0 radical (unpaired) electrons. The number of carbonyl (C=O) groups is 1. The highest BCUT2D eigenvalue weighted by molar-refractivity contribution is 5.99. The van der Waals surface area contributed by atoms with E-state index in [9.17, 15) is 13.6 Å². The van der Waals surface area contributed by atoms with E-state index in [0.29, 0.717) is 37.6 Å². The number of ether oxygens (including phenoxy) is 1. The van der Waals surface area contributed by atoms with Gasteiger partial charge in [0.25, 0.3) is 6.43 Å². The van der Waals surface area contributed by atoms with E-state index >= 15 is 0 Å². The quantitative estimate of drug-likeness (QED) is 0.778. The fourth-order valence-electron chi connectivity index (χ4n) is 2.05. The predicted molar refractivity (Wildman–Crippen MR) is 64.4 cm³/mol. The van der Waals surface area contributed by atoms with Crippen LogP contribution in [-0.4, -0.2) is 32.1 Å². The zero-order valence-electron chi connectivity index (χ0n) is 10.2. The van der Waals surface area contributed by atoms with Gasteiger partial charge in [0.2, 0.25) is 0 Å². The normalized spacial score (nSPS) is 16.1. The molecule has 0 bridgehead atoms. The molecule has 1 aromatic carbocycles. The molecule has 3 nitrogen and oxygen atoms in total. The highest BCUT2D eigenvalue weighted by Gasteiger charge is 2.19. The van der Waals surface area contributed by atoms with Crippen LogP contribution in [-0.2, 0) is 4.74 Å². The van der Waals surface area contributed by atoms with Crippen molar-refractivity contribution in [3.05, 3.63) is 29.3 Å². The van der Waals surface area contributed by atoms with Crippen molar-refractivity contribution < 1.29 is 18.3 Å². The molecule has 0 atom stereocenters. The highest BCUT2D eigenvalue weighted by Crippen LogP contribution is 2.28. The fraction of sp³-hybridized carbons (Fsp3) is 0.462. The van der Waals surface area contributed by atoms with E-state index in [4.69, 9.17) is 4.74 Å². The van der Waals surface area contributed by atoms with Gasteiger partial charge in [0.05, 0.1) is 13.2 Å². The van der Waals surface area contributed by atoms with Crippen LogP contribution in [0.3, 0.4) is 0 Å². The van der Waals surface area contributed by atoms with Crippen LogP contribution in [0.4, 0.5) is 14.5 Å². The van der Waals surface area contributed by atoms with Crippen molar-refractivity contribution >= 4 is 11.5 Å². The molecule has 0 spiro atoms. The molecule has 1 aromatic rings. The second-order valence-electron chi connectivity index (χ2n) is 4.23. The number of hydrogen-bond acceptors (Lipinski definition) is 3. The molecule has 0 unspecified atom stereocenters. The zero-order chi connectivity index (χ0) is 13.1. The summed E-state index contributed by atoms with van der Waals surface area (Å²) < 4.78 is 30.7. The summed E-state index contributed by atoms with van der Waals surface area (Å²) in [6, 6.07) is 4.20. The van der Waals surface area contributed by atoms with Crippen LogP contribution in [0.5, 0.6) is 0 Å². The molecule has 0 amide bonds. The largest absolute Gasteiger partial charge is 0.378 e. The van der Waals surface area contributed by atoms with Gasteiger partial charge < -0.3 is 9.64 Å². The lowest BCUT2D eigenvalue weighted by atomic mass is 10.0. The Morgan fingerprint density at radius 1 is 1.33 bits per heavy atom. The summed E-state index contributed by atoms with van der Waals surface area (Å²) in [6.45, 7) is 3.79. The molecule has 1 aliphatic heterocycles. The Kier molecular flexibility index (Phi) is 3.91. The second kappa shape index (κ2) is 5.44. The molecule has 0 saturated carbocycles. The SMILES string of the molecule is CC(=O)c1ccc(C(F)F)cc1N1CCOCC1. The number of hydrogen-bond donors (Lipinski definition) is 0. The van der Waals surface area contributed by atoms with Gasteiger partial charge in [-0.25, -0.2) is 8.78 Å². The van der Waals surface area contributed by atoms with E-state index < -0.39 is 6.43 Å². The molecule has 1 saturated heterocycles. The van der Waals surface area contributed by atoms with Gasteiger partial charge >= 0.3 is 0 Å². The Bertz CT molecular complexity index is 443. The smallest absolute Gasteiger partial charge is 0.263 e. The highest BCUT2D eigenvalue weighted by atomic mass is 19.3. The van der Waals surface area contributed by atoms with E-state index in [2.05, 4.69) is 0 Å². The van der Waals surface area contributed by atoms with Gasteiger partial charge in [-0.05, 0) is 19.1 Å². The molecule has 18 heavy (non-hydrogen) atoms. The minimum atomic E-state index is -2.52. The van der Waals surface area contributed by atoms with Gasteiger partial charge in [0, 0.05) is 29.9 Å². The summed E-state index contributed by atoms with van der Waals surface area (Å²) in [5, 5.41) is 0. The van der Waals surface area contributed by atoms with Crippen molar-refractivity contribution in [2.75, 3.05) is 31.2 Å². The first-order valence-corrected chi connectivity index (χ1v) is 5.85. The Morgan fingerprint density at radius 2 is 2.00 bits per heavy atom. The number of benzene rings is 1.